The second-order valence-electron chi connectivity index (χ2n) is 6.29. The Hall–Kier alpha value is -3.22. The molecule has 4 rings (SSSR count). The van der Waals surface area contributed by atoms with Crippen molar-refractivity contribution in [3.63, 3.8) is 0 Å². The highest BCUT2D eigenvalue weighted by atomic mass is 16.5. The van der Waals surface area contributed by atoms with Crippen LogP contribution >= 0.6 is 0 Å². The molecule has 2 aromatic heterocycles. The Labute approximate surface area is 150 Å². The molecule has 0 bridgehead atoms. The van der Waals surface area contributed by atoms with E-state index in [0.717, 1.165) is 23.3 Å². The molecule has 1 saturated carbocycles. The van der Waals surface area contributed by atoms with Crippen LogP contribution in [0.15, 0.2) is 48.8 Å². The molecule has 3 aromatic rings. The molecule has 0 spiro atoms. The molecule has 2 heterocycles. The molecule has 2 atom stereocenters. The Morgan fingerprint density at radius 3 is 2.88 bits per heavy atom. The summed E-state index contributed by atoms with van der Waals surface area (Å²) in [6, 6.07) is 11.4. The summed E-state index contributed by atoms with van der Waals surface area (Å²) in [7, 11) is 1.63. The molecular formula is C19H19N5O2. The van der Waals surface area contributed by atoms with Gasteiger partial charge < -0.3 is 10.1 Å². The van der Waals surface area contributed by atoms with E-state index in [0.29, 0.717) is 18.2 Å². The van der Waals surface area contributed by atoms with Gasteiger partial charge >= 0.3 is 0 Å². The van der Waals surface area contributed by atoms with E-state index in [9.17, 15) is 4.79 Å². The van der Waals surface area contributed by atoms with Crippen molar-refractivity contribution < 1.29 is 9.53 Å². The summed E-state index contributed by atoms with van der Waals surface area (Å²) in [5, 5.41) is 10.0. The minimum absolute atomic E-state index is 0.0168. The van der Waals surface area contributed by atoms with E-state index in [1.165, 1.54) is 0 Å². The van der Waals surface area contributed by atoms with Crippen LogP contribution in [0.2, 0.25) is 0 Å². The monoisotopic (exact) mass is 349 g/mol. The lowest BCUT2D eigenvalue weighted by atomic mass is 10.1. The number of amides is 1. The molecular weight excluding hydrogens is 330 g/mol. The summed E-state index contributed by atoms with van der Waals surface area (Å²) in [6.45, 7) is 0.332. The first-order chi connectivity index (χ1) is 12.7. The molecule has 2 N–H and O–H groups in total. The normalized spacial score (nSPS) is 18.3. The summed E-state index contributed by atoms with van der Waals surface area (Å²) in [6.07, 6.45) is 4.44. The standard InChI is InChI=1S/C19H19N5O2/c1-26-14-6-4-12(5-7-14)18-22-17(23-24-18)11-21-19(25)16-9-15(16)13-3-2-8-20-10-13/h2-8,10,15-16H,9,11H2,1H3,(H,21,25)(H,22,23,24)/t15-,16+/m1/s1. The maximum absolute atomic E-state index is 12.3. The third kappa shape index (κ3) is 3.42. The highest BCUT2D eigenvalue weighted by Crippen LogP contribution is 2.47. The zero-order chi connectivity index (χ0) is 17.9. The first kappa shape index (κ1) is 16.3. The molecule has 0 unspecified atom stereocenters. The number of hydrogen-bond donors (Lipinski definition) is 2. The maximum atomic E-state index is 12.3. The van der Waals surface area contributed by atoms with Gasteiger partial charge in [0, 0.05) is 23.9 Å². The minimum Gasteiger partial charge on any atom is -0.497 e. The average molecular weight is 349 g/mol. The van der Waals surface area contributed by atoms with Crippen LogP contribution < -0.4 is 10.1 Å². The zero-order valence-corrected chi connectivity index (χ0v) is 14.3. The first-order valence-corrected chi connectivity index (χ1v) is 8.48. The molecule has 132 valence electrons. The fourth-order valence-corrected chi connectivity index (χ4v) is 2.99. The van der Waals surface area contributed by atoms with Gasteiger partial charge in [0.15, 0.2) is 5.82 Å². The van der Waals surface area contributed by atoms with E-state index in [-0.39, 0.29) is 17.7 Å². The summed E-state index contributed by atoms with van der Waals surface area (Å²) in [5.74, 6) is 2.33. The second-order valence-corrected chi connectivity index (χ2v) is 6.29. The van der Waals surface area contributed by atoms with Gasteiger partial charge in [-0.05, 0) is 48.2 Å². The van der Waals surface area contributed by atoms with Crippen LogP contribution in [-0.4, -0.2) is 33.2 Å². The number of carbonyl (C=O) groups is 1. The number of carbonyl (C=O) groups excluding carboxylic acids is 1. The lowest BCUT2D eigenvalue weighted by molar-refractivity contribution is -0.122. The predicted octanol–water partition coefficient (Wildman–Crippen LogP) is 2.30. The van der Waals surface area contributed by atoms with Crippen molar-refractivity contribution in [3.05, 3.63) is 60.2 Å². The van der Waals surface area contributed by atoms with Gasteiger partial charge in [0.05, 0.1) is 13.7 Å². The third-order valence-electron chi connectivity index (χ3n) is 4.55. The van der Waals surface area contributed by atoms with Crippen molar-refractivity contribution in [2.45, 2.75) is 18.9 Å². The fourth-order valence-electron chi connectivity index (χ4n) is 2.99. The largest absolute Gasteiger partial charge is 0.497 e. The van der Waals surface area contributed by atoms with Crippen LogP contribution in [0, 0.1) is 5.92 Å². The molecule has 1 aliphatic carbocycles. The SMILES string of the molecule is COc1ccc(-c2n[nH]c(CNC(=O)[C@H]3C[C@@H]3c3cccnc3)n2)cc1. The lowest BCUT2D eigenvalue weighted by Crippen LogP contribution is -2.25. The smallest absolute Gasteiger partial charge is 0.224 e. The number of methoxy groups -OCH3 is 1. The Bertz CT molecular complexity index is 892. The van der Waals surface area contributed by atoms with Gasteiger partial charge in [-0.2, -0.15) is 5.10 Å². The van der Waals surface area contributed by atoms with E-state index in [2.05, 4.69) is 25.5 Å². The number of aromatic nitrogens is 4. The minimum atomic E-state index is 0.0168. The number of H-pyrrole nitrogens is 1. The molecule has 1 amide bonds. The molecule has 7 nitrogen and oxygen atoms in total. The molecule has 0 aliphatic heterocycles. The van der Waals surface area contributed by atoms with E-state index in [4.69, 9.17) is 4.74 Å². The number of nitrogens with zero attached hydrogens (tertiary/aromatic N) is 3. The van der Waals surface area contributed by atoms with Crippen molar-refractivity contribution in [2.75, 3.05) is 7.11 Å². The summed E-state index contributed by atoms with van der Waals surface area (Å²) in [5.41, 5.74) is 2.01. The quantitative estimate of drug-likeness (QED) is 0.712. The van der Waals surface area contributed by atoms with Crippen molar-refractivity contribution >= 4 is 5.91 Å². The van der Waals surface area contributed by atoms with Crippen LogP contribution in [0.5, 0.6) is 5.75 Å². The number of rotatable bonds is 6. The highest BCUT2D eigenvalue weighted by molar-refractivity contribution is 5.82. The Kier molecular flexibility index (Phi) is 4.35. The molecule has 26 heavy (non-hydrogen) atoms. The topological polar surface area (TPSA) is 92.8 Å². The van der Waals surface area contributed by atoms with Crippen LogP contribution in [0.3, 0.4) is 0 Å². The van der Waals surface area contributed by atoms with Gasteiger partial charge in [0.1, 0.15) is 11.6 Å². The zero-order valence-electron chi connectivity index (χ0n) is 14.3. The highest BCUT2D eigenvalue weighted by Gasteiger charge is 2.43. The van der Waals surface area contributed by atoms with Gasteiger partial charge in [0.2, 0.25) is 5.91 Å². The van der Waals surface area contributed by atoms with Crippen molar-refractivity contribution in [2.24, 2.45) is 5.92 Å². The predicted molar refractivity (Wildman–Crippen MR) is 95.3 cm³/mol. The van der Waals surface area contributed by atoms with Crippen molar-refractivity contribution in [3.8, 4) is 17.1 Å². The molecule has 1 aromatic carbocycles. The molecule has 1 aliphatic rings. The Balaban J connectivity index is 1.33. The molecule has 0 saturated heterocycles. The summed E-state index contributed by atoms with van der Waals surface area (Å²) in [4.78, 5) is 20.8. The number of benzene rings is 1. The Morgan fingerprint density at radius 1 is 1.31 bits per heavy atom. The number of aromatic amines is 1. The Morgan fingerprint density at radius 2 is 2.15 bits per heavy atom. The van der Waals surface area contributed by atoms with Gasteiger partial charge in [-0.1, -0.05) is 6.07 Å². The fraction of sp³-hybridized carbons (Fsp3) is 0.263. The second kappa shape index (κ2) is 6.95. The van der Waals surface area contributed by atoms with Gasteiger partial charge in [-0.15, -0.1) is 0 Å². The summed E-state index contributed by atoms with van der Waals surface area (Å²) >= 11 is 0. The van der Waals surface area contributed by atoms with Crippen LogP contribution in [0.25, 0.3) is 11.4 Å². The van der Waals surface area contributed by atoms with Gasteiger partial charge in [0.25, 0.3) is 0 Å². The number of ether oxygens (including phenoxy) is 1. The molecule has 7 heteroatoms. The number of hydrogen-bond acceptors (Lipinski definition) is 5. The average Bonchev–Trinajstić information content (AvgIpc) is 3.37. The molecule has 0 radical (unpaired) electrons. The number of nitrogens with one attached hydrogen (secondary N) is 2. The van der Waals surface area contributed by atoms with E-state index in [1.54, 1.807) is 13.3 Å². The third-order valence-corrected chi connectivity index (χ3v) is 4.55. The van der Waals surface area contributed by atoms with Crippen LogP contribution in [-0.2, 0) is 11.3 Å². The van der Waals surface area contributed by atoms with E-state index < -0.39 is 0 Å². The van der Waals surface area contributed by atoms with Gasteiger partial charge in [-0.3, -0.25) is 14.9 Å². The lowest BCUT2D eigenvalue weighted by Gasteiger charge is -2.02. The van der Waals surface area contributed by atoms with E-state index >= 15 is 0 Å². The van der Waals surface area contributed by atoms with Crippen molar-refractivity contribution in [1.29, 1.82) is 0 Å². The molecule has 1 fully saturated rings. The van der Waals surface area contributed by atoms with Gasteiger partial charge in [-0.25, -0.2) is 4.98 Å². The van der Waals surface area contributed by atoms with Crippen molar-refractivity contribution in [1.82, 2.24) is 25.5 Å². The number of pyridine rings is 1. The summed E-state index contributed by atoms with van der Waals surface area (Å²) < 4.78 is 5.14. The van der Waals surface area contributed by atoms with Crippen LogP contribution in [0.4, 0.5) is 0 Å². The first-order valence-electron chi connectivity index (χ1n) is 8.48. The van der Waals surface area contributed by atoms with E-state index in [1.807, 2.05) is 42.6 Å². The van der Waals surface area contributed by atoms with Crippen LogP contribution in [0.1, 0.15) is 23.7 Å². The maximum Gasteiger partial charge on any atom is 0.224 e.